The fourth-order valence-electron chi connectivity index (χ4n) is 3.38. The van der Waals surface area contributed by atoms with Crippen molar-refractivity contribution in [2.75, 3.05) is 23.6 Å². The number of halogens is 1. The number of aryl methyl sites for hydroxylation is 1. The maximum atomic E-state index is 14.6. The van der Waals surface area contributed by atoms with Crippen LogP contribution in [0, 0.1) is 18.7 Å². The van der Waals surface area contributed by atoms with Crippen LogP contribution < -0.4 is 10.0 Å². The van der Waals surface area contributed by atoms with Crippen LogP contribution in [0.4, 0.5) is 15.9 Å². The smallest absolute Gasteiger partial charge is 0.147 e. The minimum absolute atomic E-state index is 0.162. The monoisotopic (exact) mass is 443 g/mol. The number of nitrogens with zero attached hydrogens (tertiary/aromatic N) is 3. The van der Waals surface area contributed by atoms with Gasteiger partial charge < -0.3 is 14.9 Å². The second kappa shape index (κ2) is 9.76. The van der Waals surface area contributed by atoms with Crippen LogP contribution >= 0.6 is 23.3 Å². The number of nitrogens with one attached hydrogen (secondary N) is 2. The van der Waals surface area contributed by atoms with Gasteiger partial charge in [0.15, 0.2) is 0 Å². The average Bonchev–Trinajstić information content (AvgIpc) is 3.37. The predicted molar refractivity (Wildman–Crippen MR) is 123 cm³/mol. The number of hydrogen-bond donors (Lipinski definition) is 2. The van der Waals surface area contributed by atoms with Crippen LogP contribution in [0.5, 0.6) is 0 Å². The lowest BCUT2D eigenvalue weighted by molar-refractivity contribution is 0.311. The lowest BCUT2D eigenvalue weighted by atomic mass is 10.1. The first kappa shape index (κ1) is 21.1. The molecule has 1 aliphatic carbocycles. The molecule has 0 unspecified atom stereocenters. The van der Waals surface area contributed by atoms with Gasteiger partial charge >= 0.3 is 0 Å². The first-order valence-corrected chi connectivity index (χ1v) is 11.8. The third-order valence-electron chi connectivity index (χ3n) is 5.13. The van der Waals surface area contributed by atoms with Gasteiger partial charge in [0, 0.05) is 42.5 Å². The summed E-state index contributed by atoms with van der Waals surface area (Å²) in [6.07, 6.45) is 2.64. The van der Waals surface area contributed by atoms with Crippen molar-refractivity contribution in [3.63, 3.8) is 0 Å². The Balaban J connectivity index is 1.38. The number of hydrogen-bond acceptors (Lipinski definition) is 7. The van der Waals surface area contributed by atoms with Gasteiger partial charge in [-0.3, -0.25) is 0 Å². The van der Waals surface area contributed by atoms with Gasteiger partial charge in [-0.15, -0.1) is 11.3 Å². The molecule has 0 spiro atoms. The molecule has 0 amide bonds. The summed E-state index contributed by atoms with van der Waals surface area (Å²) in [4.78, 5) is 11.1. The highest BCUT2D eigenvalue weighted by Crippen LogP contribution is 2.30. The number of pyridine rings is 1. The van der Waals surface area contributed by atoms with E-state index in [0.717, 1.165) is 52.4 Å². The van der Waals surface area contributed by atoms with E-state index in [9.17, 15) is 4.39 Å². The molecule has 8 heteroatoms. The Morgan fingerprint density at radius 3 is 2.87 bits per heavy atom. The standard InChI is InChI=1S/C22H26FN5S2/c1-15-20(8-9-22(26-15)30-27-21-13-29-14-25-21)24-10-18-17(4-3-5-19(18)23)12-28(2)11-16-6-7-16/h3-5,8-9,13-14,16,24,27H,6-7,10-12H2,1-2H3. The van der Waals surface area contributed by atoms with E-state index in [-0.39, 0.29) is 5.82 Å². The number of thiazole rings is 1. The molecule has 0 radical (unpaired) electrons. The molecule has 1 aliphatic rings. The lowest BCUT2D eigenvalue weighted by Gasteiger charge is -2.20. The Kier molecular flexibility index (Phi) is 6.86. The molecule has 0 bridgehead atoms. The maximum absolute atomic E-state index is 14.6. The molecule has 1 saturated carbocycles. The molecule has 3 aromatic rings. The Bertz CT molecular complexity index is 976. The van der Waals surface area contributed by atoms with Crippen molar-refractivity contribution in [3.8, 4) is 0 Å². The van der Waals surface area contributed by atoms with Crippen molar-refractivity contribution in [2.45, 2.75) is 37.9 Å². The van der Waals surface area contributed by atoms with Gasteiger partial charge in [0.1, 0.15) is 16.7 Å². The Hall–Kier alpha value is -2.16. The topological polar surface area (TPSA) is 53.1 Å². The molecule has 0 aliphatic heterocycles. The highest BCUT2D eigenvalue weighted by atomic mass is 32.2. The number of benzene rings is 1. The predicted octanol–water partition coefficient (Wildman–Crippen LogP) is 5.56. The molecule has 5 nitrogen and oxygen atoms in total. The minimum atomic E-state index is -0.162. The zero-order valence-electron chi connectivity index (χ0n) is 17.2. The van der Waals surface area contributed by atoms with E-state index in [2.05, 4.69) is 32.0 Å². The van der Waals surface area contributed by atoms with E-state index in [1.807, 2.05) is 30.5 Å². The van der Waals surface area contributed by atoms with Crippen molar-refractivity contribution >= 4 is 34.8 Å². The van der Waals surface area contributed by atoms with Gasteiger partial charge in [-0.25, -0.2) is 14.4 Å². The zero-order valence-corrected chi connectivity index (χ0v) is 18.8. The van der Waals surface area contributed by atoms with Crippen molar-refractivity contribution in [1.29, 1.82) is 0 Å². The van der Waals surface area contributed by atoms with Crippen LogP contribution in [0.3, 0.4) is 0 Å². The molecule has 30 heavy (non-hydrogen) atoms. The van der Waals surface area contributed by atoms with Gasteiger partial charge in [-0.1, -0.05) is 12.1 Å². The van der Waals surface area contributed by atoms with Crippen LogP contribution in [0.15, 0.2) is 46.2 Å². The molecular formula is C22H26FN5S2. The van der Waals surface area contributed by atoms with Crippen LogP contribution in [0.2, 0.25) is 0 Å². The SMILES string of the molecule is Cc1nc(SNc2cscn2)ccc1NCc1c(F)cccc1CN(C)CC1CC1. The van der Waals surface area contributed by atoms with Crippen molar-refractivity contribution < 1.29 is 4.39 Å². The highest BCUT2D eigenvalue weighted by Gasteiger charge is 2.23. The van der Waals surface area contributed by atoms with Crippen molar-refractivity contribution in [3.05, 3.63) is 63.9 Å². The molecule has 0 saturated heterocycles. The second-order valence-electron chi connectivity index (χ2n) is 7.73. The summed E-state index contributed by atoms with van der Waals surface area (Å²) < 4.78 is 17.8. The summed E-state index contributed by atoms with van der Waals surface area (Å²) in [5.41, 5.74) is 5.34. The van der Waals surface area contributed by atoms with E-state index in [4.69, 9.17) is 0 Å². The van der Waals surface area contributed by atoms with Gasteiger partial charge in [-0.2, -0.15) is 0 Å². The number of rotatable bonds is 10. The number of aromatic nitrogens is 2. The minimum Gasteiger partial charge on any atom is -0.379 e. The highest BCUT2D eigenvalue weighted by molar-refractivity contribution is 8.00. The first-order chi connectivity index (χ1) is 14.6. The molecule has 158 valence electrons. The molecule has 1 aromatic carbocycles. The van der Waals surface area contributed by atoms with E-state index >= 15 is 0 Å². The maximum Gasteiger partial charge on any atom is 0.147 e. The van der Waals surface area contributed by atoms with Gasteiger partial charge in [-0.05, 0) is 56.5 Å². The average molecular weight is 444 g/mol. The number of anilines is 2. The summed E-state index contributed by atoms with van der Waals surface area (Å²) in [6, 6.07) is 9.31. The Morgan fingerprint density at radius 2 is 2.13 bits per heavy atom. The van der Waals surface area contributed by atoms with Gasteiger partial charge in [0.25, 0.3) is 0 Å². The fraction of sp³-hybridized carbons (Fsp3) is 0.364. The summed E-state index contributed by atoms with van der Waals surface area (Å²) in [7, 11) is 2.12. The normalized spacial score (nSPS) is 13.6. The van der Waals surface area contributed by atoms with E-state index in [0.29, 0.717) is 6.54 Å². The summed E-state index contributed by atoms with van der Waals surface area (Å²) in [5.74, 6) is 1.48. The van der Waals surface area contributed by atoms with E-state index in [1.54, 1.807) is 22.9 Å². The Morgan fingerprint density at radius 1 is 1.27 bits per heavy atom. The third-order valence-corrected chi connectivity index (χ3v) is 6.47. The van der Waals surface area contributed by atoms with Crippen LogP contribution in [-0.2, 0) is 13.1 Å². The molecule has 1 fully saturated rings. The van der Waals surface area contributed by atoms with Crippen molar-refractivity contribution in [1.82, 2.24) is 14.9 Å². The summed E-state index contributed by atoms with van der Waals surface area (Å²) in [6.45, 7) is 4.24. The fourth-order valence-corrected chi connectivity index (χ4v) is 4.58. The van der Waals surface area contributed by atoms with Crippen molar-refractivity contribution in [2.24, 2.45) is 5.92 Å². The molecular weight excluding hydrogens is 417 g/mol. The summed E-state index contributed by atoms with van der Waals surface area (Å²) in [5, 5.41) is 6.18. The molecule has 4 rings (SSSR count). The molecule has 2 aromatic heterocycles. The lowest BCUT2D eigenvalue weighted by Crippen LogP contribution is -2.22. The largest absolute Gasteiger partial charge is 0.379 e. The second-order valence-corrected chi connectivity index (χ2v) is 9.28. The Labute approximate surface area is 185 Å². The third kappa shape index (κ3) is 5.71. The quantitative estimate of drug-likeness (QED) is 0.400. The van der Waals surface area contributed by atoms with Crippen LogP contribution in [0.25, 0.3) is 0 Å². The van der Waals surface area contributed by atoms with Gasteiger partial charge in [0.05, 0.1) is 16.9 Å². The molecule has 2 heterocycles. The molecule has 2 N–H and O–H groups in total. The zero-order chi connectivity index (χ0) is 20.9. The first-order valence-electron chi connectivity index (χ1n) is 10.1. The van der Waals surface area contributed by atoms with E-state index in [1.165, 1.54) is 30.9 Å². The summed E-state index contributed by atoms with van der Waals surface area (Å²) >= 11 is 2.97. The van der Waals surface area contributed by atoms with Crippen LogP contribution in [-0.4, -0.2) is 28.5 Å². The van der Waals surface area contributed by atoms with E-state index < -0.39 is 0 Å². The molecule has 0 atom stereocenters. The van der Waals surface area contributed by atoms with Gasteiger partial charge in [0.2, 0.25) is 0 Å². The van der Waals surface area contributed by atoms with Crippen LogP contribution in [0.1, 0.15) is 29.7 Å².